The fourth-order valence-electron chi connectivity index (χ4n) is 7.19. The number of hydrogen-bond donors (Lipinski definition) is 2. The molecule has 1 atom stereocenters. The van der Waals surface area contributed by atoms with Gasteiger partial charge in [-0.25, -0.2) is 13.1 Å². The second kappa shape index (κ2) is 16.6. The number of aryl methyl sites for hydroxylation is 1. The van der Waals surface area contributed by atoms with Gasteiger partial charge in [-0.1, -0.05) is 66.2 Å². The molecule has 2 aliphatic rings. The van der Waals surface area contributed by atoms with E-state index in [0.29, 0.717) is 18.3 Å². The van der Waals surface area contributed by atoms with Crippen molar-refractivity contribution in [1.82, 2.24) is 9.62 Å². The summed E-state index contributed by atoms with van der Waals surface area (Å²) in [5.74, 6) is -0.138. The third kappa shape index (κ3) is 8.90. The first-order valence-corrected chi connectivity index (χ1v) is 20.7. The first kappa shape index (κ1) is 37.4. The molecule has 0 aromatic heterocycles. The van der Waals surface area contributed by atoms with Crippen molar-refractivity contribution in [2.24, 2.45) is 0 Å². The third-order valence-electron chi connectivity index (χ3n) is 9.92. The van der Waals surface area contributed by atoms with Crippen LogP contribution in [0.25, 0.3) is 0 Å². The summed E-state index contributed by atoms with van der Waals surface area (Å²) in [6.07, 6.45) is 2.52. The van der Waals surface area contributed by atoms with E-state index in [-0.39, 0.29) is 21.8 Å². The predicted molar refractivity (Wildman–Crippen MR) is 215 cm³/mol. The molecule has 54 heavy (non-hydrogen) atoms. The summed E-state index contributed by atoms with van der Waals surface area (Å²) in [4.78, 5) is 30.2. The summed E-state index contributed by atoms with van der Waals surface area (Å²) < 4.78 is 28.7. The van der Waals surface area contributed by atoms with Crippen LogP contribution in [0.15, 0.2) is 125 Å². The first-order chi connectivity index (χ1) is 26.1. The molecule has 10 nitrogen and oxygen atoms in total. The van der Waals surface area contributed by atoms with Crippen molar-refractivity contribution in [3.8, 4) is 0 Å². The van der Waals surface area contributed by atoms with Crippen LogP contribution >= 0.6 is 23.4 Å². The lowest BCUT2D eigenvalue weighted by Crippen LogP contribution is -2.54. The highest BCUT2D eigenvalue weighted by Gasteiger charge is 2.32. The molecule has 1 amide bonds. The highest BCUT2D eigenvalue weighted by Crippen LogP contribution is 2.34. The van der Waals surface area contributed by atoms with Crippen molar-refractivity contribution < 1.29 is 18.1 Å². The molecule has 0 spiro atoms. The molecule has 7 rings (SSSR count). The van der Waals surface area contributed by atoms with Crippen molar-refractivity contribution in [2.45, 2.75) is 41.6 Å². The van der Waals surface area contributed by atoms with E-state index in [1.165, 1.54) is 28.8 Å². The molecule has 2 heterocycles. The number of amides is 1. The van der Waals surface area contributed by atoms with Gasteiger partial charge < -0.3 is 10.2 Å². The fraction of sp³-hybridized carbons (Fsp3) is 0.244. The Morgan fingerprint density at radius 1 is 0.907 bits per heavy atom. The van der Waals surface area contributed by atoms with Gasteiger partial charge in [-0.05, 0) is 96.1 Å². The van der Waals surface area contributed by atoms with E-state index in [4.69, 9.17) is 11.6 Å². The summed E-state index contributed by atoms with van der Waals surface area (Å²) in [5.41, 5.74) is 5.94. The number of benzene rings is 5. The summed E-state index contributed by atoms with van der Waals surface area (Å²) in [5, 5.41) is 15.6. The van der Waals surface area contributed by atoms with E-state index in [9.17, 15) is 23.3 Å². The zero-order valence-electron chi connectivity index (χ0n) is 29.5. The Morgan fingerprint density at radius 2 is 1.67 bits per heavy atom. The first-order valence-electron chi connectivity index (χ1n) is 17.8. The number of fused-ring (bicyclic) bond motifs is 3. The van der Waals surface area contributed by atoms with Gasteiger partial charge in [0.05, 0.1) is 9.82 Å². The molecule has 2 aliphatic heterocycles. The van der Waals surface area contributed by atoms with Gasteiger partial charge in [-0.3, -0.25) is 19.8 Å². The van der Waals surface area contributed by atoms with Crippen LogP contribution in [-0.4, -0.2) is 62.1 Å². The number of carbonyl (C=O) groups is 1. The Hall–Kier alpha value is -4.88. The Morgan fingerprint density at radius 3 is 2.44 bits per heavy atom. The number of sulfonamides is 1. The summed E-state index contributed by atoms with van der Waals surface area (Å²) in [6.45, 7) is 3.94. The number of nitro benzene ring substituents is 1. The predicted octanol–water partition coefficient (Wildman–Crippen LogP) is 7.80. The smallest absolute Gasteiger partial charge is 0.293 e. The van der Waals surface area contributed by atoms with Crippen LogP contribution in [0.1, 0.15) is 39.0 Å². The van der Waals surface area contributed by atoms with E-state index < -0.39 is 20.9 Å². The van der Waals surface area contributed by atoms with Crippen molar-refractivity contribution in [3.05, 3.63) is 158 Å². The van der Waals surface area contributed by atoms with Crippen LogP contribution < -0.4 is 14.9 Å². The lowest BCUT2D eigenvalue weighted by Gasteiger charge is -2.46. The minimum Gasteiger partial charge on any atom is -0.379 e. The molecule has 5 aromatic carbocycles. The van der Waals surface area contributed by atoms with Crippen molar-refractivity contribution in [3.63, 3.8) is 0 Å². The van der Waals surface area contributed by atoms with E-state index in [1.807, 2.05) is 48.5 Å². The molecule has 0 unspecified atom stereocenters. The van der Waals surface area contributed by atoms with Crippen LogP contribution in [0.5, 0.6) is 0 Å². The standard InChI is InChI=1S/C41H40ClN5O5S2/c42-34-14-10-29(11-15-34)24-30-6-4-5-7-33(30)27-45-21-22-46-35(28-45)16-12-31-25-32(13-19-39(31)46)41(48)44-54(51,52)37-17-18-38(40(26-37)47(49)50)43-20-23-53-36-8-2-1-3-9-36/h1-11,13-15,17-19,25-26,35,43H,12,16,20-24,27-28H2,(H,44,48)/t35-/m1/s1. The number of carbonyl (C=O) groups excluding carboxylic acids is 1. The molecule has 0 saturated carbocycles. The van der Waals surface area contributed by atoms with Crippen LogP contribution in [-0.2, 0) is 29.4 Å². The second-order valence-electron chi connectivity index (χ2n) is 13.5. The molecule has 13 heteroatoms. The number of halogens is 1. The highest BCUT2D eigenvalue weighted by molar-refractivity contribution is 7.99. The molecule has 2 N–H and O–H groups in total. The normalized spacial score (nSPS) is 15.6. The van der Waals surface area contributed by atoms with Crippen LogP contribution in [0.3, 0.4) is 0 Å². The number of thioether (sulfide) groups is 1. The number of anilines is 2. The molecule has 1 fully saturated rings. The molecule has 0 radical (unpaired) electrons. The Balaban J connectivity index is 0.965. The van der Waals surface area contributed by atoms with Crippen molar-refractivity contribution in [1.29, 1.82) is 0 Å². The van der Waals surface area contributed by atoms with Crippen LogP contribution in [0, 0.1) is 10.1 Å². The van der Waals surface area contributed by atoms with Gasteiger partial charge in [0.1, 0.15) is 5.69 Å². The number of nitrogens with one attached hydrogen (secondary N) is 2. The van der Waals surface area contributed by atoms with Gasteiger partial charge in [0.15, 0.2) is 0 Å². The Bertz CT molecular complexity index is 2260. The molecule has 0 bridgehead atoms. The average molecular weight is 782 g/mol. The summed E-state index contributed by atoms with van der Waals surface area (Å²) >= 11 is 7.70. The van der Waals surface area contributed by atoms with E-state index in [2.05, 4.69) is 56.2 Å². The van der Waals surface area contributed by atoms with Gasteiger partial charge in [-0.15, -0.1) is 11.8 Å². The molecular weight excluding hydrogens is 742 g/mol. The monoisotopic (exact) mass is 781 g/mol. The summed E-state index contributed by atoms with van der Waals surface area (Å²) in [7, 11) is -4.39. The number of nitro groups is 1. The maximum Gasteiger partial charge on any atom is 0.293 e. The largest absolute Gasteiger partial charge is 0.379 e. The molecule has 0 aliphatic carbocycles. The highest BCUT2D eigenvalue weighted by atomic mass is 35.5. The van der Waals surface area contributed by atoms with Gasteiger partial charge in [0.2, 0.25) is 0 Å². The number of piperazine rings is 1. The molecule has 278 valence electrons. The topological polar surface area (TPSA) is 125 Å². The Kier molecular flexibility index (Phi) is 11.5. The number of hydrogen-bond acceptors (Lipinski definition) is 9. The maximum absolute atomic E-state index is 13.3. The zero-order valence-corrected chi connectivity index (χ0v) is 31.9. The van der Waals surface area contributed by atoms with Gasteiger partial charge in [0.25, 0.3) is 21.6 Å². The average Bonchev–Trinajstić information content (AvgIpc) is 3.18. The van der Waals surface area contributed by atoms with Crippen molar-refractivity contribution >= 4 is 56.4 Å². The fourth-order valence-corrected chi connectivity index (χ4v) is 9.10. The van der Waals surface area contributed by atoms with E-state index in [0.717, 1.165) is 72.7 Å². The zero-order chi connectivity index (χ0) is 37.7. The van der Waals surface area contributed by atoms with Crippen LogP contribution in [0.2, 0.25) is 5.02 Å². The SMILES string of the molecule is O=C(NS(=O)(=O)c1ccc(NCCSc2ccccc2)c([N+](=O)[O-])c1)c1ccc2c(c1)CC[C@@H]1CN(Cc3ccccc3Cc3ccc(Cl)cc3)CCN21. The molecular formula is C41H40ClN5O5S2. The minimum atomic E-state index is -4.39. The minimum absolute atomic E-state index is 0.201. The maximum atomic E-state index is 13.3. The Labute approximate surface area is 324 Å². The quantitative estimate of drug-likeness (QED) is 0.0533. The molecule has 1 saturated heterocycles. The van der Waals surface area contributed by atoms with Crippen LogP contribution in [0.4, 0.5) is 17.1 Å². The van der Waals surface area contributed by atoms with Crippen molar-refractivity contribution in [2.75, 3.05) is 42.1 Å². The van der Waals surface area contributed by atoms with Gasteiger partial charge >= 0.3 is 0 Å². The third-order valence-corrected chi connectivity index (χ3v) is 12.5. The lowest BCUT2D eigenvalue weighted by molar-refractivity contribution is -0.384. The summed E-state index contributed by atoms with van der Waals surface area (Å²) in [6, 6.07) is 35.6. The second-order valence-corrected chi connectivity index (χ2v) is 16.8. The van der Waals surface area contributed by atoms with Gasteiger partial charge in [0, 0.05) is 71.8 Å². The van der Waals surface area contributed by atoms with E-state index >= 15 is 0 Å². The number of nitrogens with zero attached hydrogens (tertiary/aromatic N) is 3. The van der Waals surface area contributed by atoms with Gasteiger partial charge in [-0.2, -0.15) is 0 Å². The lowest BCUT2D eigenvalue weighted by atomic mass is 9.92. The molecule has 5 aromatic rings. The number of rotatable bonds is 13. The van der Waals surface area contributed by atoms with E-state index in [1.54, 1.807) is 23.9 Å².